The van der Waals surface area contributed by atoms with Crippen LogP contribution >= 0.6 is 0 Å². The third-order valence-electron chi connectivity index (χ3n) is 6.82. The molecule has 1 aliphatic heterocycles. The summed E-state index contributed by atoms with van der Waals surface area (Å²) in [6, 6.07) is 14.1. The summed E-state index contributed by atoms with van der Waals surface area (Å²) in [5.41, 5.74) is 4.44. The molecular formula is C25H26N2O6. The lowest BCUT2D eigenvalue weighted by molar-refractivity contribution is -0.149. The highest BCUT2D eigenvalue weighted by molar-refractivity contribution is 5.90. The summed E-state index contributed by atoms with van der Waals surface area (Å²) in [6.45, 7) is 0.0804. The number of ether oxygens (including phenoxy) is 1. The summed E-state index contributed by atoms with van der Waals surface area (Å²) < 4.78 is 5.57. The van der Waals surface area contributed by atoms with Gasteiger partial charge in [-0.1, -0.05) is 48.5 Å². The number of likely N-dealkylation sites (tertiary alicyclic amines) is 1. The molecule has 3 aliphatic rings. The fourth-order valence-electron chi connectivity index (χ4n) is 5.05. The van der Waals surface area contributed by atoms with Gasteiger partial charge in [0.25, 0.3) is 0 Å². The van der Waals surface area contributed by atoms with Crippen molar-refractivity contribution in [3.8, 4) is 11.1 Å². The highest BCUT2D eigenvalue weighted by Gasteiger charge is 2.46. The Bertz CT molecular complexity index is 1050. The second-order valence-electron chi connectivity index (χ2n) is 9.02. The number of β-amino-alcohol motifs (C(OH)–C–C–N with tert-alkyl or cyclic N) is 1. The number of aliphatic carboxylic acids is 1. The molecule has 0 radical (unpaired) electrons. The van der Waals surface area contributed by atoms with Gasteiger partial charge in [-0.15, -0.1) is 0 Å². The van der Waals surface area contributed by atoms with Gasteiger partial charge in [0.1, 0.15) is 18.7 Å². The van der Waals surface area contributed by atoms with E-state index >= 15 is 0 Å². The van der Waals surface area contributed by atoms with Crippen molar-refractivity contribution in [2.75, 3.05) is 13.2 Å². The molecule has 172 valence electrons. The molecule has 1 heterocycles. The molecular weight excluding hydrogens is 424 g/mol. The second kappa shape index (κ2) is 8.51. The van der Waals surface area contributed by atoms with Gasteiger partial charge in [0.15, 0.2) is 0 Å². The molecule has 2 aromatic carbocycles. The van der Waals surface area contributed by atoms with Crippen molar-refractivity contribution >= 4 is 18.0 Å². The number of nitrogens with zero attached hydrogens (tertiary/aromatic N) is 1. The molecule has 0 aromatic heterocycles. The van der Waals surface area contributed by atoms with E-state index in [2.05, 4.69) is 17.4 Å². The Hall–Kier alpha value is -3.39. The van der Waals surface area contributed by atoms with Crippen molar-refractivity contribution < 1.29 is 29.3 Å². The van der Waals surface area contributed by atoms with Crippen LogP contribution in [0.25, 0.3) is 11.1 Å². The maximum atomic E-state index is 13.1. The molecule has 0 bridgehead atoms. The standard InChI is InChI=1S/C25H26N2O6/c28-15-11-21(24(30)31)27(12-15)23(29)22(14-9-10-14)26-25(32)33-13-20-18-7-3-1-5-16(18)17-6-2-4-8-19(17)20/h1-8,14-15,20-22,28H,9-13H2,(H,26,32)(H,30,31)/t15-,21-,22?/m1/s1. The van der Waals surface area contributed by atoms with E-state index in [1.165, 1.54) is 4.90 Å². The number of hydrogen-bond donors (Lipinski definition) is 3. The van der Waals surface area contributed by atoms with E-state index in [0.717, 1.165) is 35.1 Å². The van der Waals surface area contributed by atoms with Crippen LogP contribution in [0.3, 0.4) is 0 Å². The monoisotopic (exact) mass is 450 g/mol. The number of nitrogens with one attached hydrogen (secondary N) is 1. The van der Waals surface area contributed by atoms with E-state index in [0.29, 0.717) is 0 Å². The minimum Gasteiger partial charge on any atom is -0.480 e. The Kier molecular flexibility index (Phi) is 5.54. The van der Waals surface area contributed by atoms with Gasteiger partial charge < -0.3 is 25.2 Å². The first-order chi connectivity index (χ1) is 15.9. The van der Waals surface area contributed by atoms with Crippen molar-refractivity contribution in [2.24, 2.45) is 5.92 Å². The van der Waals surface area contributed by atoms with Crippen LogP contribution in [-0.4, -0.2) is 64.4 Å². The second-order valence-corrected chi connectivity index (χ2v) is 9.02. The molecule has 1 saturated carbocycles. The quantitative estimate of drug-likeness (QED) is 0.622. The SMILES string of the molecule is O=C(NC(C(=O)N1C[C@H](O)C[C@@H]1C(=O)O)C1CC1)OCC1c2ccccc2-c2ccccc21. The molecule has 3 atom stereocenters. The van der Waals surface area contributed by atoms with E-state index < -0.39 is 36.2 Å². The first-order valence-corrected chi connectivity index (χ1v) is 11.3. The highest BCUT2D eigenvalue weighted by atomic mass is 16.5. The number of benzene rings is 2. The van der Waals surface area contributed by atoms with Crippen molar-refractivity contribution in [3.05, 3.63) is 59.7 Å². The fourth-order valence-corrected chi connectivity index (χ4v) is 5.05. The van der Waals surface area contributed by atoms with Crippen molar-refractivity contribution in [1.82, 2.24) is 10.2 Å². The molecule has 1 unspecified atom stereocenters. The minimum atomic E-state index is -1.16. The van der Waals surface area contributed by atoms with E-state index in [1.54, 1.807) is 0 Å². The zero-order valence-corrected chi connectivity index (χ0v) is 18.0. The fraction of sp³-hybridized carbons (Fsp3) is 0.400. The van der Waals surface area contributed by atoms with Crippen LogP contribution in [0, 0.1) is 5.92 Å². The van der Waals surface area contributed by atoms with Crippen LogP contribution in [0.15, 0.2) is 48.5 Å². The summed E-state index contributed by atoms with van der Waals surface area (Å²) >= 11 is 0. The number of aliphatic hydroxyl groups is 1. The maximum Gasteiger partial charge on any atom is 0.407 e. The molecule has 8 nitrogen and oxygen atoms in total. The molecule has 33 heavy (non-hydrogen) atoms. The van der Waals surface area contributed by atoms with Gasteiger partial charge in [-0.05, 0) is 41.0 Å². The molecule has 8 heteroatoms. The molecule has 2 aromatic rings. The van der Waals surface area contributed by atoms with E-state index in [9.17, 15) is 24.6 Å². The number of fused-ring (bicyclic) bond motifs is 3. The lowest BCUT2D eigenvalue weighted by atomic mass is 9.98. The molecule has 2 aliphatic carbocycles. The topological polar surface area (TPSA) is 116 Å². The van der Waals surface area contributed by atoms with Crippen LogP contribution in [-0.2, 0) is 14.3 Å². The van der Waals surface area contributed by atoms with Gasteiger partial charge in [-0.25, -0.2) is 9.59 Å². The van der Waals surface area contributed by atoms with Crippen molar-refractivity contribution in [1.29, 1.82) is 0 Å². The average molecular weight is 450 g/mol. The summed E-state index contributed by atoms with van der Waals surface area (Å²) in [6.07, 6.45) is -0.0516. The third-order valence-corrected chi connectivity index (χ3v) is 6.82. The Balaban J connectivity index is 1.27. The largest absolute Gasteiger partial charge is 0.480 e. The molecule has 5 rings (SSSR count). The summed E-state index contributed by atoms with van der Waals surface area (Å²) in [4.78, 5) is 38.5. The van der Waals surface area contributed by atoms with Crippen LogP contribution in [0.5, 0.6) is 0 Å². The Morgan fingerprint density at radius 2 is 1.64 bits per heavy atom. The van der Waals surface area contributed by atoms with Crippen LogP contribution in [0.1, 0.15) is 36.3 Å². The Morgan fingerprint density at radius 1 is 1.03 bits per heavy atom. The van der Waals surface area contributed by atoms with Gasteiger partial charge in [-0.3, -0.25) is 4.79 Å². The minimum absolute atomic E-state index is 0.0105. The van der Waals surface area contributed by atoms with Gasteiger partial charge in [0.2, 0.25) is 5.91 Å². The summed E-state index contributed by atoms with van der Waals surface area (Å²) in [5, 5.41) is 22.0. The van der Waals surface area contributed by atoms with Gasteiger partial charge >= 0.3 is 12.1 Å². The molecule has 3 N–H and O–H groups in total. The van der Waals surface area contributed by atoms with Gasteiger partial charge in [0, 0.05) is 18.9 Å². The number of amides is 2. The van der Waals surface area contributed by atoms with Gasteiger partial charge in [-0.2, -0.15) is 0 Å². The van der Waals surface area contributed by atoms with E-state index in [-0.39, 0.29) is 31.4 Å². The van der Waals surface area contributed by atoms with Crippen molar-refractivity contribution in [2.45, 2.75) is 43.4 Å². The average Bonchev–Trinajstić information content (AvgIpc) is 3.50. The number of aliphatic hydroxyl groups excluding tert-OH is 1. The zero-order chi connectivity index (χ0) is 23.1. The first kappa shape index (κ1) is 21.5. The van der Waals surface area contributed by atoms with Crippen LogP contribution < -0.4 is 5.32 Å². The number of rotatable bonds is 6. The summed E-state index contributed by atoms with van der Waals surface area (Å²) in [7, 11) is 0. The lowest BCUT2D eigenvalue weighted by Gasteiger charge is -2.27. The molecule has 0 spiro atoms. The Morgan fingerprint density at radius 3 is 2.21 bits per heavy atom. The number of carboxylic acid groups (broad SMARTS) is 1. The number of carbonyl (C=O) groups is 3. The smallest absolute Gasteiger partial charge is 0.407 e. The van der Waals surface area contributed by atoms with Gasteiger partial charge in [0.05, 0.1) is 6.10 Å². The van der Waals surface area contributed by atoms with Crippen molar-refractivity contribution in [3.63, 3.8) is 0 Å². The first-order valence-electron chi connectivity index (χ1n) is 11.3. The zero-order valence-electron chi connectivity index (χ0n) is 18.0. The predicted octanol–water partition coefficient (Wildman–Crippen LogP) is 2.35. The van der Waals surface area contributed by atoms with Crippen LogP contribution in [0.2, 0.25) is 0 Å². The predicted molar refractivity (Wildman–Crippen MR) is 118 cm³/mol. The Labute approximate surface area is 191 Å². The number of carbonyl (C=O) groups excluding carboxylic acids is 2. The summed E-state index contributed by atoms with van der Waals surface area (Å²) in [5.74, 6) is -1.78. The highest BCUT2D eigenvalue weighted by Crippen LogP contribution is 2.44. The lowest BCUT2D eigenvalue weighted by Crippen LogP contribution is -2.53. The number of alkyl carbamates (subject to hydrolysis) is 1. The molecule has 2 amide bonds. The normalized spacial score (nSPS) is 22.4. The third kappa shape index (κ3) is 4.06. The molecule has 2 fully saturated rings. The molecule has 1 saturated heterocycles. The van der Waals surface area contributed by atoms with Crippen LogP contribution in [0.4, 0.5) is 4.79 Å². The maximum absolute atomic E-state index is 13.1. The van der Waals surface area contributed by atoms with E-state index in [1.807, 2.05) is 36.4 Å². The number of hydrogen-bond acceptors (Lipinski definition) is 5. The number of carboxylic acids is 1. The van der Waals surface area contributed by atoms with E-state index in [4.69, 9.17) is 4.74 Å².